The Kier molecular flexibility index (Phi) is 13.5. The second-order valence-corrected chi connectivity index (χ2v) is 8.22. The van der Waals surface area contributed by atoms with Crippen molar-refractivity contribution < 1.29 is 13.2 Å². The van der Waals surface area contributed by atoms with Crippen LogP contribution in [0.5, 0.6) is 0 Å². The topological polar surface area (TPSA) is 94.1 Å². The normalized spacial score (nSPS) is 11.6. The summed E-state index contributed by atoms with van der Waals surface area (Å²) in [7, 11) is -1.87. The number of hydrogen-bond donors (Lipinski definition) is 2. The van der Waals surface area contributed by atoms with Crippen molar-refractivity contribution in [2.45, 2.75) is 25.7 Å². The maximum atomic E-state index is 12.3. The van der Waals surface area contributed by atoms with Gasteiger partial charge in [0.2, 0.25) is 15.9 Å². The van der Waals surface area contributed by atoms with Gasteiger partial charge in [-0.3, -0.25) is 9.79 Å². The van der Waals surface area contributed by atoms with Crippen molar-refractivity contribution in [3.8, 4) is 0 Å². The summed E-state index contributed by atoms with van der Waals surface area (Å²) in [5, 5.41) is 3.47. The van der Waals surface area contributed by atoms with Gasteiger partial charge in [0.25, 0.3) is 0 Å². The van der Waals surface area contributed by atoms with E-state index in [4.69, 9.17) is 11.6 Å². The lowest BCUT2D eigenvalue weighted by Crippen LogP contribution is -2.46. The van der Waals surface area contributed by atoms with E-state index in [0.717, 1.165) is 0 Å². The minimum absolute atomic E-state index is 0. The molecule has 0 aliphatic carbocycles. The molecule has 11 heteroatoms. The summed E-state index contributed by atoms with van der Waals surface area (Å²) in [6.45, 7) is 8.30. The Labute approximate surface area is 196 Å². The molecule has 166 valence electrons. The van der Waals surface area contributed by atoms with Crippen LogP contribution in [0.3, 0.4) is 0 Å². The summed E-state index contributed by atoms with van der Waals surface area (Å²) in [5.41, 5.74) is 0. The maximum absolute atomic E-state index is 12.3. The number of carbonyl (C=O) groups excluding carboxylic acids is 1. The summed E-state index contributed by atoms with van der Waals surface area (Å²) < 4.78 is 27.1. The molecule has 1 aromatic rings. The summed E-state index contributed by atoms with van der Waals surface area (Å²) in [5.74, 6) is 0.560. The summed E-state index contributed by atoms with van der Waals surface area (Å²) in [4.78, 5) is 20.3. The molecule has 0 bridgehead atoms. The zero-order valence-corrected chi connectivity index (χ0v) is 21.2. The van der Waals surface area contributed by atoms with Crippen LogP contribution in [-0.4, -0.2) is 76.4 Å². The minimum Gasteiger partial charge on any atom is -0.357 e. The van der Waals surface area contributed by atoms with Crippen molar-refractivity contribution in [2.24, 2.45) is 4.99 Å². The number of hydrogen-bond acceptors (Lipinski definition) is 4. The summed E-state index contributed by atoms with van der Waals surface area (Å²) in [6, 6.07) is 6.07. The predicted octanol–water partition coefficient (Wildman–Crippen LogP) is 2.00. The summed E-state index contributed by atoms with van der Waals surface area (Å²) in [6.07, 6.45) is 0. The molecule has 0 heterocycles. The molecule has 0 atom stereocenters. The van der Waals surface area contributed by atoms with E-state index < -0.39 is 10.0 Å². The number of nitrogens with one attached hydrogen (secondary N) is 2. The molecule has 1 aromatic carbocycles. The van der Waals surface area contributed by atoms with Crippen molar-refractivity contribution >= 4 is 57.5 Å². The zero-order chi connectivity index (χ0) is 21.2. The fourth-order valence-corrected chi connectivity index (χ4v) is 3.80. The average Bonchev–Trinajstić information content (AvgIpc) is 2.65. The van der Waals surface area contributed by atoms with Crippen molar-refractivity contribution in [1.29, 1.82) is 0 Å². The Hall–Kier alpha value is -1.11. The summed E-state index contributed by atoms with van der Waals surface area (Å²) >= 11 is 5.85. The lowest BCUT2D eigenvalue weighted by atomic mass is 10.4. The highest BCUT2D eigenvalue weighted by Crippen LogP contribution is 2.14. The minimum atomic E-state index is -3.65. The van der Waals surface area contributed by atoms with E-state index in [0.29, 0.717) is 30.6 Å². The number of benzene rings is 1. The van der Waals surface area contributed by atoms with Crippen LogP contribution in [-0.2, 0) is 14.8 Å². The van der Waals surface area contributed by atoms with Crippen LogP contribution in [0.4, 0.5) is 0 Å². The Morgan fingerprint density at radius 1 is 1.21 bits per heavy atom. The molecule has 1 rings (SSSR count). The molecule has 0 saturated carbocycles. The lowest BCUT2D eigenvalue weighted by molar-refractivity contribution is -0.131. The average molecular weight is 560 g/mol. The van der Waals surface area contributed by atoms with E-state index in [9.17, 15) is 13.2 Å². The Bertz CT molecular complexity index is 773. The molecule has 8 nitrogen and oxygen atoms in total. The molecule has 0 aliphatic heterocycles. The van der Waals surface area contributed by atoms with Gasteiger partial charge in [-0.15, -0.1) is 24.0 Å². The number of halogens is 2. The molecule has 0 aliphatic rings. The fraction of sp³-hybridized carbons (Fsp3) is 0.556. The van der Waals surface area contributed by atoms with Gasteiger partial charge in [-0.1, -0.05) is 17.7 Å². The predicted molar refractivity (Wildman–Crippen MR) is 129 cm³/mol. The maximum Gasteiger partial charge on any atom is 0.242 e. The molecule has 0 unspecified atom stereocenters. The first-order chi connectivity index (χ1) is 13.2. The van der Waals surface area contributed by atoms with E-state index in [-0.39, 0.29) is 54.4 Å². The van der Waals surface area contributed by atoms with Crippen LogP contribution in [0, 0.1) is 0 Å². The molecule has 0 fully saturated rings. The van der Waals surface area contributed by atoms with E-state index in [1.54, 1.807) is 29.0 Å². The number of rotatable bonds is 10. The molecule has 0 spiro atoms. The van der Waals surface area contributed by atoms with E-state index in [2.05, 4.69) is 15.0 Å². The number of guanidine groups is 1. The molecule has 0 radical (unpaired) electrons. The van der Waals surface area contributed by atoms with Gasteiger partial charge >= 0.3 is 0 Å². The van der Waals surface area contributed by atoms with Crippen LogP contribution in [0.1, 0.15) is 20.8 Å². The first kappa shape index (κ1) is 27.9. The quantitative estimate of drug-likeness (QED) is 0.198. The Morgan fingerprint density at radius 3 is 2.41 bits per heavy atom. The molecular weight excluding hydrogens is 529 g/mol. The standard InChI is InChI=1S/C18H30ClN5O3S.HI/c1-5-20-18(23(4)14-17(25)24(6-2)7-3)21-11-12-22-28(26,27)16-10-8-9-15(19)13-16;/h8-10,13,22H,5-7,11-12,14H2,1-4H3,(H,20,21);1H. The van der Waals surface area contributed by atoms with Crippen LogP contribution >= 0.6 is 35.6 Å². The van der Waals surface area contributed by atoms with Crippen molar-refractivity contribution in [3.05, 3.63) is 29.3 Å². The third-order valence-electron chi connectivity index (χ3n) is 3.96. The van der Waals surface area contributed by atoms with Gasteiger partial charge < -0.3 is 15.1 Å². The van der Waals surface area contributed by atoms with Crippen LogP contribution < -0.4 is 10.0 Å². The molecule has 0 aromatic heterocycles. The second kappa shape index (κ2) is 14.0. The SMILES string of the molecule is CCNC(=NCCNS(=O)(=O)c1cccc(Cl)c1)N(C)CC(=O)N(CC)CC.I. The number of likely N-dealkylation sites (N-methyl/N-ethyl adjacent to an activating group) is 2. The van der Waals surface area contributed by atoms with Crippen LogP contribution in [0.15, 0.2) is 34.2 Å². The van der Waals surface area contributed by atoms with Crippen LogP contribution in [0.25, 0.3) is 0 Å². The highest BCUT2D eigenvalue weighted by Gasteiger charge is 2.16. The molecule has 2 N–H and O–H groups in total. The third-order valence-corrected chi connectivity index (χ3v) is 5.65. The molecular formula is C18H31ClIN5O3S. The Morgan fingerprint density at radius 2 is 1.86 bits per heavy atom. The number of aliphatic imine (C=N–C) groups is 1. The molecule has 0 saturated heterocycles. The smallest absolute Gasteiger partial charge is 0.242 e. The number of sulfonamides is 1. The molecule has 1 amide bonds. The van der Waals surface area contributed by atoms with Gasteiger partial charge in [0.05, 0.1) is 18.0 Å². The van der Waals surface area contributed by atoms with E-state index >= 15 is 0 Å². The fourth-order valence-electron chi connectivity index (χ4n) is 2.48. The van der Waals surface area contributed by atoms with Gasteiger partial charge in [-0.25, -0.2) is 13.1 Å². The van der Waals surface area contributed by atoms with Gasteiger partial charge in [-0.2, -0.15) is 0 Å². The van der Waals surface area contributed by atoms with Gasteiger partial charge in [-0.05, 0) is 39.0 Å². The van der Waals surface area contributed by atoms with Gasteiger partial charge in [0, 0.05) is 38.2 Å². The molecule has 29 heavy (non-hydrogen) atoms. The van der Waals surface area contributed by atoms with E-state index in [1.807, 2.05) is 20.8 Å². The first-order valence-electron chi connectivity index (χ1n) is 9.27. The van der Waals surface area contributed by atoms with Crippen molar-refractivity contribution in [2.75, 3.05) is 46.3 Å². The lowest BCUT2D eigenvalue weighted by Gasteiger charge is -2.25. The highest BCUT2D eigenvalue weighted by atomic mass is 127. The number of nitrogens with zero attached hydrogens (tertiary/aromatic N) is 3. The van der Waals surface area contributed by atoms with Gasteiger partial charge in [0.15, 0.2) is 5.96 Å². The number of carbonyl (C=O) groups is 1. The second-order valence-electron chi connectivity index (χ2n) is 6.01. The van der Waals surface area contributed by atoms with Gasteiger partial charge in [0.1, 0.15) is 0 Å². The Balaban J connectivity index is 0.00000784. The highest BCUT2D eigenvalue weighted by molar-refractivity contribution is 14.0. The zero-order valence-electron chi connectivity index (χ0n) is 17.3. The van der Waals surface area contributed by atoms with E-state index in [1.165, 1.54) is 12.1 Å². The number of amides is 1. The van der Waals surface area contributed by atoms with Crippen LogP contribution in [0.2, 0.25) is 5.02 Å². The monoisotopic (exact) mass is 559 g/mol. The third kappa shape index (κ3) is 9.49. The van der Waals surface area contributed by atoms with Crippen molar-refractivity contribution in [3.63, 3.8) is 0 Å². The largest absolute Gasteiger partial charge is 0.357 e. The van der Waals surface area contributed by atoms with Crippen molar-refractivity contribution in [1.82, 2.24) is 19.8 Å². The first-order valence-corrected chi connectivity index (χ1v) is 11.1.